The van der Waals surface area contributed by atoms with E-state index in [1.807, 2.05) is 9.80 Å². The number of methoxy groups -OCH3 is 1. The number of likely N-dealkylation sites (tertiary alicyclic amines) is 1. The molecule has 9 nitrogen and oxygen atoms in total. The normalized spacial score (nSPS) is 21.2. The number of carbonyl (C=O) groups excluding carboxylic acids is 1. The number of nitrogens with one attached hydrogen (secondary N) is 2. The predicted octanol–water partition coefficient (Wildman–Crippen LogP) is -0.430. The minimum atomic E-state index is -0.190. The Morgan fingerprint density at radius 1 is 1.35 bits per heavy atom. The number of nitrogens with zero attached hydrogens (tertiary/aromatic N) is 4. The summed E-state index contributed by atoms with van der Waals surface area (Å²) in [6.45, 7) is 6.91. The SMILES string of the molecule is COCCN1CC[C@H](CNC(=O)N2CCN(c3ncc[nH]c3=O)CC2)C1. The van der Waals surface area contributed by atoms with E-state index in [0.29, 0.717) is 44.5 Å². The standard InChI is InChI=1S/C17H28N6O3/c1-26-11-10-21-5-2-14(13-21)12-20-17(25)23-8-6-22(7-9-23)15-16(24)19-4-3-18-15/h3-4,14H,2,5-13H2,1H3,(H,19,24)(H,20,25)/t14-/m1/s1. The Morgan fingerprint density at radius 3 is 2.88 bits per heavy atom. The molecule has 144 valence electrons. The van der Waals surface area contributed by atoms with Crippen LogP contribution in [-0.2, 0) is 4.74 Å². The first-order valence-electron chi connectivity index (χ1n) is 9.20. The second-order valence-electron chi connectivity index (χ2n) is 6.85. The second kappa shape index (κ2) is 9.00. The number of ether oxygens (including phenoxy) is 1. The number of hydrogen-bond donors (Lipinski definition) is 2. The van der Waals surface area contributed by atoms with Gasteiger partial charge in [0.1, 0.15) is 0 Å². The van der Waals surface area contributed by atoms with Crippen LogP contribution in [0.25, 0.3) is 0 Å². The fourth-order valence-electron chi connectivity index (χ4n) is 3.54. The van der Waals surface area contributed by atoms with Crippen LogP contribution in [0.5, 0.6) is 0 Å². The Balaban J connectivity index is 1.39. The van der Waals surface area contributed by atoms with Crippen LogP contribution in [0.1, 0.15) is 6.42 Å². The average Bonchev–Trinajstić information content (AvgIpc) is 3.13. The Kier molecular flexibility index (Phi) is 6.45. The molecule has 0 unspecified atom stereocenters. The molecule has 1 atom stereocenters. The second-order valence-corrected chi connectivity index (χ2v) is 6.85. The third kappa shape index (κ3) is 4.73. The van der Waals surface area contributed by atoms with Crippen LogP contribution in [0.15, 0.2) is 17.2 Å². The van der Waals surface area contributed by atoms with Gasteiger partial charge in [-0.25, -0.2) is 9.78 Å². The van der Waals surface area contributed by atoms with Gasteiger partial charge in [0.2, 0.25) is 0 Å². The summed E-state index contributed by atoms with van der Waals surface area (Å²) in [5.74, 6) is 0.929. The molecule has 0 bridgehead atoms. The maximum absolute atomic E-state index is 12.4. The highest BCUT2D eigenvalue weighted by atomic mass is 16.5. The zero-order valence-corrected chi connectivity index (χ0v) is 15.3. The quantitative estimate of drug-likeness (QED) is 0.711. The number of anilines is 1. The van der Waals surface area contributed by atoms with Crippen molar-refractivity contribution in [3.63, 3.8) is 0 Å². The number of carbonyl (C=O) groups is 1. The summed E-state index contributed by atoms with van der Waals surface area (Å²) < 4.78 is 5.12. The fourth-order valence-corrected chi connectivity index (χ4v) is 3.54. The van der Waals surface area contributed by atoms with Gasteiger partial charge in [-0.3, -0.25) is 4.79 Å². The zero-order valence-electron chi connectivity index (χ0n) is 15.3. The smallest absolute Gasteiger partial charge is 0.317 e. The molecule has 0 aliphatic carbocycles. The summed E-state index contributed by atoms with van der Waals surface area (Å²) in [5.41, 5.74) is -0.190. The molecule has 26 heavy (non-hydrogen) atoms. The highest BCUT2D eigenvalue weighted by molar-refractivity contribution is 5.74. The third-order valence-corrected chi connectivity index (χ3v) is 5.08. The highest BCUT2D eigenvalue weighted by Crippen LogP contribution is 2.15. The van der Waals surface area contributed by atoms with Crippen molar-refractivity contribution in [3.8, 4) is 0 Å². The van der Waals surface area contributed by atoms with Crippen LogP contribution in [0.4, 0.5) is 10.6 Å². The molecular formula is C17H28N6O3. The van der Waals surface area contributed by atoms with E-state index in [2.05, 4.69) is 20.2 Å². The van der Waals surface area contributed by atoms with Crippen molar-refractivity contribution in [2.75, 3.05) is 71.0 Å². The van der Waals surface area contributed by atoms with Crippen LogP contribution < -0.4 is 15.8 Å². The molecule has 3 rings (SSSR count). The maximum atomic E-state index is 12.4. The molecule has 2 N–H and O–H groups in total. The lowest BCUT2D eigenvalue weighted by molar-refractivity contribution is 0.158. The van der Waals surface area contributed by atoms with E-state index in [9.17, 15) is 9.59 Å². The highest BCUT2D eigenvalue weighted by Gasteiger charge is 2.26. The van der Waals surface area contributed by atoms with Crippen LogP contribution in [0, 0.1) is 5.92 Å². The van der Waals surface area contributed by atoms with Gasteiger partial charge in [0, 0.05) is 65.3 Å². The van der Waals surface area contributed by atoms with Crippen molar-refractivity contribution < 1.29 is 9.53 Å². The van der Waals surface area contributed by atoms with Gasteiger partial charge in [-0.15, -0.1) is 0 Å². The van der Waals surface area contributed by atoms with Crippen LogP contribution in [-0.4, -0.2) is 91.9 Å². The van der Waals surface area contributed by atoms with Gasteiger partial charge in [-0.2, -0.15) is 0 Å². The van der Waals surface area contributed by atoms with Crippen LogP contribution in [0.3, 0.4) is 0 Å². The average molecular weight is 364 g/mol. The molecule has 0 spiro atoms. The summed E-state index contributed by atoms with van der Waals surface area (Å²) >= 11 is 0. The minimum Gasteiger partial charge on any atom is -0.383 e. The predicted molar refractivity (Wildman–Crippen MR) is 98.5 cm³/mol. The molecular weight excluding hydrogens is 336 g/mol. The molecule has 9 heteroatoms. The Bertz CT molecular complexity index is 643. The molecule has 2 saturated heterocycles. The maximum Gasteiger partial charge on any atom is 0.317 e. The summed E-state index contributed by atoms with van der Waals surface area (Å²) in [6.07, 6.45) is 4.21. The molecule has 0 aromatic carbocycles. The van der Waals surface area contributed by atoms with Gasteiger partial charge in [0.25, 0.3) is 5.56 Å². The van der Waals surface area contributed by atoms with Crippen LogP contribution in [0.2, 0.25) is 0 Å². The number of aromatic amines is 1. The number of aromatic nitrogens is 2. The van der Waals surface area contributed by atoms with Gasteiger partial charge in [-0.1, -0.05) is 0 Å². The summed E-state index contributed by atoms with van der Waals surface area (Å²) in [6, 6.07) is -0.0186. The number of hydrogen-bond acceptors (Lipinski definition) is 6. The lowest BCUT2D eigenvalue weighted by Crippen LogP contribution is -2.53. The lowest BCUT2D eigenvalue weighted by Gasteiger charge is -2.35. The largest absolute Gasteiger partial charge is 0.383 e. The fraction of sp³-hybridized carbons (Fsp3) is 0.706. The van der Waals surface area contributed by atoms with E-state index in [0.717, 1.165) is 32.7 Å². The molecule has 0 saturated carbocycles. The topological polar surface area (TPSA) is 93.8 Å². The van der Waals surface area contributed by atoms with Crippen LogP contribution >= 0.6 is 0 Å². The van der Waals surface area contributed by atoms with Gasteiger partial charge in [0.05, 0.1) is 6.61 Å². The summed E-state index contributed by atoms with van der Waals surface area (Å²) in [4.78, 5) is 37.1. The minimum absolute atomic E-state index is 0.0186. The van der Waals surface area contributed by atoms with E-state index < -0.39 is 0 Å². The first kappa shape index (κ1) is 18.7. The van der Waals surface area contributed by atoms with Crippen molar-refractivity contribution in [1.29, 1.82) is 0 Å². The Morgan fingerprint density at radius 2 is 2.15 bits per heavy atom. The summed E-state index contributed by atoms with van der Waals surface area (Å²) in [7, 11) is 1.72. The number of H-pyrrole nitrogens is 1. The molecule has 1 aromatic rings. The van der Waals surface area contributed by atoms with Crippen molar-refractivity contribution in [2.45, 2.75) is 6.42 Å². The van der Waals surface area contributed by atoms with Gasteiger partial charge < -0.3 is 29.7 Å². The monoisotopic (exact) mass is 364 g/mol. The zero-order chi connectivity index (χ0) is 18.4. The number of amides is 2. The number of urea groups is 1. The first-order chi connectivity index (χ1) is 12.7. The van der Waals surface area contributed by atoms with E-state index in [1.165, 1.54) is 6.20 Å². The van der Waals surface area contributed by atoms with E-state index >= 15 is 0 Å². The molecule has 1 aromatic heterocycles. The molecule has 2 aliphatic heterocycles. The first-order valence-corrected chi connectivity index (χ1v) is 9.20. The van der Waals surface area contributed by atoms with Crippen molar-refractivity contribution in [3.05, 3.63) is 22.7 Å². The van der Waals surface area contributed by atoms with Gasteiger partial charge in [0.15, 0.2) is 5.82 Å². The van der Waals surface area contributed by atoms with Gasteiger partial charge >= 0.3 is 6.03 Å². The molecule has 2 aliphatic rings. The number of rotatable bonds is 6. The molecule has 2 amide bonds. The Hall–Kier alpha value is -2.13. The third-order valence-electron chi connectivity index (χ3n) is 5.08. The van der Waals surface area contributed by atoms with E-state index in [4.69, 9.17) is 4.74 Å². The Labute approximate surface area is 153 Å². The summed E-state index contributed by atoms with van der Waals surface area (Å²) in [5, 5.41) is 3.06. The molecule has 0 radical (unpaired) electrons. The van der Waals surface area contributed by atoms with E-state index in [-0.39, 0.29) is 11.6 Å². The lowest BCUT2D eigenvalue weighted by atomic mass is 10.1. The van der Waals surface area contributed by atoms with Gasteiger partial charge in [-0.05, 0) is 18.9 Å². The van der Waals surface area contributed by atoms with E-state index in [1.54, 1.807) is 13.3 Å². The van der Waals surface area contributed by atoms with Crippen molar-refractivity contribution in [2.24, 2.45) is 5.92 Å². The molecule has 3 heterocycles. The van der Waals surface area contributed by atoms with Crippen molar-refractivity contribution in [1.82, 2.24) is 25.1 Å². The molecule has 2 fully saturated rings. The number of piperazine rings is 1. The van der Waals surface area contributed by atoms with Crippen molar-refractivity contribution >= 4 is 11.8 Å².